The minimum Gasteiger partial charge on any atom is -0.345 e. The average molecular weight is 335 g/mol. The molecule has 0 bridgehead atoms. The molecule has 0 spiro atoms. The first-order valence-corrected chi connectivity index (χ1v) is 7.46. The Labute approximate surface area is 128 Å². The molecule has 0 fully saturated rings. The van der Waals surface area contributed by atoms with Gasteiger partial charge >= 0.3 is 0 Å². The van der Waals surface area contributed by atoms with E-state index >= 15 is 0 Å². The summed E-state index contributed by atoms with van der Waals surface area (Å²) in [6.07, 6.45) is 1.88. The molecule has 1 aromatic heterocycles. The van der Waals surface area contributed by atoms with Crippen LogP contribution in [0, 0.1) is 5.92 Å². The fourth-order valence-corrected chi connectivity index (χ4v) is 2.78. The minimum atomic E-state index is -0.0549. The zero-order chi connectivity index (χ0) is 14.7. The Kier molecular flexibility index (Phi) is 4.65. The number of halogens is 1. The number of carbonyl (C=O) groups is 1. The van der Waals surface area contributed by atoms with Crippen molar-refractivity contribution in [2.45, 2.75) is 19.9 Å². The molecule has 0 saturated heterocycles. The molecule has 2 aromatic rings. The van der Waals surface area contributed by atoms with Crippen LogP contribution in [0.5, 0.6) is 0 Å². The Balaban J connectivity index is 2.21. The maximum Gasteiger partial charge on any atom is 0.268 e. The maximum absolute atomic E-state index is 12.4. The maximum atomic E-state index is 12.4. The van der Waals surface area contributed by atoms with E-state index in [4.69, 9.17) is 0 Å². The van der Waals surface area contributed by atoms with Crippen LogP contribution in [0.25, 0.3) is 0 Å². The minimum absolute atomic E-state index is 0.0115. The average Bonchev–Trinajstić information content (AvgIpc) is 2.75. The summed E-state index contributed by atoms with van der Waals surface area (Å²) in [5, 5.41) is 3.12. The summed E-state index contributed by atoms with van der Waals surface area (Å²) in [7, 11) is 1.87. The van der Waals surface area contributed by atoms with Gasteiger partial charge in [0.05, 0.1) is 6.04 Å². The van der Waals surface area contributed by atoms with Gasteiger partial charge in [-0.05, 0) is 33.5 Å². The summed E-state index contributed by atoms with van der Waals surface area (Å²) in [4.78, 5) is 12.4. The van der Waals surface area contributed by atoms with Gasteiger partial charge in [-0.1, -0.05) is 44.2 Å². The number of hydrogen-bond donors (Lipinski definition) is 1. The van der Waals surface area contributed by atoms with E-state index in [-0.39, 0.29) is 11.9 Å². The molecule has 1 unspecified atom stereocenters. The third-order valence-electron chi connectivity index (χ3n) is 3.32. The van der Waals surface area contributed by atoms with E-state index in [9.17, 15) is 4.79 Å². The van der Waals surface area contributed by atoms with Crippen molar-refractivity contribution in [2.24, 2.45) is 13.0 Å². The highest BCUT2D eigenvalue weighted by atomic mass is 79.9. The molecule has 106 valence electrons. The molecule has 0 radical (unpaired) electrons. The number of benzene rings is 1. The normalized spacial score (nSPS) is 12.4. The lowest BCUT2D eigenvalue weighted by Crippen LogP contribution is -2.32. The molecule has 0 aliphatic carbocycles. The topological polar surface area (TPSA) is 34.0 Å². The quantitative estimate of drug-likeness (QED) is 0.903. The Morgan fingerprint density at radius 3 is 2.40 bits per heavy atom. The fraction of sp³-hybridized carbons (Fsp3) is 0.312. The van der Waals surface area contributed by atoms with Gasteiger partial charge in [0, 0.05) is 17.7 Å². The van der Waals surface area contributed by atoms with Gasteiger partial charge < -0.3 is 9.88 Å². The second-order valence-corrected chi connectivity index (χ2v) is 6.18. The van der Waals surface area contributed by atoms with Crippen molar-refractivity contribution < 1.29 is 4.79 Å². The first-order valence-electron chi connectivity index (χ1n) is 6.66. The number of nitrogens with zero attached hydrogens (tertiary/aromatic N) is 1. The summed E-state index contributed by atoms with van der Waals surface area (Å²) in [6.45, 7) is 4.22. The summed E-state index contributed by atoms with van der Waals surface area (Å²) in [5.74, 6) is 0.269. The van der Waals surface area contributed by atoms with Crippen LogP contribution in [0.15, 0.2) is 47.1 Å². The van der Waals surface area contributed by atoms with Crippen molar-refractivity contribution in [3.05, 3.63) is 58.3 Å². The summed E-state index contributed by atoms with van der Waals surface area (Å²) in [5.41, 5.74) is 1.78. The second-order valence-electron chi connectivity index (χ2n) is 5.26. The molecular weight excluding hydrogens is 316 g/mol. The molecule has 0 aliphatic rings. The number of amides is 1. The van der Waals surface area contributed by atoms with Crippen LogP contribution in [0.2, 0.25) is 0 Å². The summed E-state index contributed by atoms with van der Waals surface area (Å²) >= 11 is 3.39. The smallest absolute Gasteiger partial charge is 0.268 e. The molecule has 3 nitrogen and oxygen atoms in total. The third-order valence-corrected chi connectivity index (χ3v) is 3.75. The van der Waals surface area contributed by atoms with Crippen LogP contribution in [0.1, 0.15) is 35.9 Å². The zero-order valence-electron chi connectivity index (χ0n) is 11.9. The van der Waals surface area contributed by atoms with Crippen LogP contribution in [0.3, 0.4) is 0 Å². The van der Waals surface area contributed by atoms with Gasteiger partial charge in [-0.15, -0.1) is 0 Å². The standard InChI is InChI=1S/C16H19BrN2O/c1-11(2)15(12-7-5-4-6-8-12)18-16(20)14-9-13(17)10-19(14)3/h4-11,15H,1-3H3,(H,18,20). The molecule has 1 atom stereocenters. The highest BCUT2D eigenvalue weighted by molar-refractivity contribution is 9.10. The summed E-state index contributed by atoms with van der Waals surface area (Å²) < 4.78 is 2.73. The lowest BCUT2D eigenvalue weighted by atomic mass is 9.96. The molecule has 0 aliphatic heterocycles. The van der Waals surface area contributed by atoms with E-state index < -0.39 is 0 Å². The van der Waals surface area contributed by atoms with E-state index in [1.807, 2.05) is 54.2 Å². The number of carbonyl (C=O) groups excluding carboxylic acids is 1. The van der Waals surface area contributed by atoms with Gasteiger partial charge in [0.1, 0.15) is 5.69 Å². The van der Waals surface area contributed by atoms with Crippen molar-refractivity contribution in [1.29, 1.82) is 0 Å². The fourth-order valence-electron chi connectivity index (χ4n) is 2.26. The molecule has 1 aromatic carbocycles. The molecule has 20 heavy (non-hydrogen) atoms. The highest BCUT2D eigenvalue weighted by Crippen LogP contribution is 2.22. The molecular formula is C16H19BrN2O. The third kappa shape index (κ3) is 3.31. The molecule has 1 amide bonds. The van der Waals surface area contributed by atoms with Crippen molar-refractivity contribution >= 4 is 21.8 Å². The van der Waals surface area contributed by atoms with Gasteiger partial charge in [-0.3, -0.25) is 4.79 Å². The Morgan fingerprint density at radius 2 is 1.90 bits per heavy atom. The number of aromatic nitrogens is 1. The SMILES string of the molecule is CC(C)C(NC(=O)c1cc(Br)cn1C)c1ccccc1. The van der Waals surface area contributed by atoms with Crippen LogP contribution >= 0.6 is 15.9 Å². The lowest BCUT2D eigenvalue weighted by Gasteiger charge is -2.23. The first kappa shape index (κ1) is 14.9. The van der Waals surface area contributed by atoms with Crippen LogP contribution in [0.4, 0.5) is 0 Å². The highest BCUT2D eigenvalue weighted by Gasteiger charge is 2.20. The lowest BCUT2D eigenvalue weighted by molar-refractivity contribution is 0.0917. The van der Waals surface area contributed by atoms with Gasteiger partial charge in [-0.2, -0.15) is 0 Å². The molecule has 2 rings (SSSR count). The van der Waals surface area contributed by atoms with Crippen molar-refractivity contribution in [1.82, 2.24) is 9.88 Å². The van der Waals surface area contributed by atoms with Gasteiger partial charge in [-0.25, -0.2) is 0 Å². The van der Waals surface area contributed by atoms with E-state index in [0.29, 0.717) is 11.6 Å². The number of hydrogen-bond acceptors (Lipinski definition) is 1. The van der Waals surface area contributed by atoms with E-state index in [1.165, 1.54) is 0 Å². The Bertz CT molecular complexity index is 590. The zero-order valence-corrected chi connectivity index (χ0v) is 13.5. The number of aryl methyl sites for hydroxylation is 1. The summed E-state index contributed by atoms with van der Waals surface area (Å²) in [6, 6.07) is 11.9. The van der Waals surface area contributed by atoms with Crippen LogP contribution < -0.4 is 5.32 Å². The van der Waals surface area contributed by atoms with Crippen molar-refractivity contribution in [3.63, 3.8) is 0 Å². The monoisotopic (exact) mass is 334 g/mol. The van der Waals surface area contributed by atoms with Gasteiger partial charge in [0.15, 0.2) is 0 Å². The van der Waals surface area contributed by atoms with Crippen molar-refractivity contribution in [3.8, 4) is 0 Å². The van der Waals surface area contributed by atoms with E-state index in [1.54, 1.807) is 0 Å². The van der Waals surface area contributed by atoms with E-state index in [0.717, 1.165) is 10.0 Å². The largest absolute Gasteiger partial charge is 0.345 e. The van der Waals surface area contributed by atoms with E-state index in [2.05, 4.69) is 35.1 Å². The van der Waals surface area contributed by atoms with Gasteiger partial charge in [0.2, 0.25) is 0 Å². The number of rotatable bonds is 4. The molecule has 1 heterocycles. The second kappa shape index (κ2) is 6.27. The molecule has 1 N–H and O–H groups in total. The predicted octanol–water partition coefficient (Wildman–Crippen LogP) is 3.91. The molecule has 0 saturated carbocycles. The number of nitrogens with one attached hydrogen (secondary N) is 1. The Hall–Kier alpha value is -1.55. The van der Waals surface area contributed by atoms with Gasteiger partial charge in [0.25, 0.3) is 5.91 Å². The Morgan fingerprint density at radius 1 is 1.25 bits per heavy atom. The van der Waals surface area contributed by atoms with Crippen LogP contribution in [-0.4, -0.2) is 10.5 Å². The van der Waals surface area contributed by atoms with Crippen molar-refractivity contribution in [2.75, 3.05) is 0 Å². The first-order chi connectivity index (χ1) is 9.49. The van der Waals surface area contributed by atoms with Crippen LogP contribution in [-0.2, 0) is 7.05 Å². The predicted molar refractivity (Wildman–Crippen MR) is 84.6 cm³/mol. The molecule has 4 heteroatoms.